The summed E-state index contributed by atoms with van der Waals surface area (Å²) in [5.74, 6) is -0.457. The molecule has 0 heterocycles. The topological polar surface area (TPSA) is 29.1 Å². The summed E-state index contributed by atoms with van der Waals surface area (Å²) in [7, 11) is 0. The van der Waals surface area contributed by atoms with Crippen molar-refractivity contribution in [3.05, 3.63) is 34.1 Å². The molecule has 0 aliphatic carbocycles. The van der Waals surface area contributed by atoms with E-state index in [1.807, 2.05) is 13.8 Å². The number of benzene rings is 1. The molecule has 0 unspecified atom stereocenters. The van der Waals surface area contributed by atoms with E-state index in [1.165, 1.54) is 12.1 Å². The Morgan fingerprint density at radius 1 is 1.42 bits per heavy atom. The molecule has 0 radical (unpaired) electrons. The minimum Gasteiger partial charge on any atom is -0.351 e. The van der Waals surface area contributed by atoms with Gasteiger partial charge in [0.15, 0.2) is 0 Å². The molecule has 1 rings (SSSR count). The fourth-order valence-electron chi connectivity index (χ4n) is 1.77. The van der Waals surface area contributed by atoms with Crippen LogP contribution in [0.25, 0.3) is 0 Å². The summed E-state index contributed by atoms with van der Waals surface area (Å²) in [5, 5.41) is 2.78. The predicted molar refractivity (Wildman–Crippen MR) is 80.2 cm³/mol. The Labute approximate surface area is 126 Å². The highest BCUT2D eigenvalue weighted by Crippen LogP contribution is 2.27. The zero-order chi connectivity index (χ0) is 14.5. The molecule has 1 amide bonds. The molecule has 0 atom stereocenters. The first-order valence-electron chi connectivity index (χ1n) is 6.27. The molecule has 0 saturated carbocycles. The van der Waals surface area contributed by atoms with Gasteiger partial charge in [0.2, 0.25) is 0 Å². The van der Waals surface area contributed by atoms with Crippen molar-refractivity contribution in [1.82, 2.24) is 5.32 Å². The standard InChI is InChI=1S/C14H18BrClFNO/c1-3-14(4-2,8-16)9-18-13(19)11-7-10(15)5-6-12(11)17/h5-7H,3-4,8-9H2,1-2H3,(H,18,19). The Morgan fingerprint density at radius 2 is 2.05 bits per heavy atom. The molecule has 1 aromatic carbocycles. The minimum atomic E-state index is -0.523. The third kappa shape index (κ3) is 4.18. The quantitative estimate of drug-likeness (QED) is 0.759. The maximum absolute atomic E-state index is 13.6. The van der Waals surface area contributed by atoms with E-state index in [9.17, 15) is 9.18 Å². The third-order valence-corrected chi connectivity index (χ3v) is 4.64. The lowest BCUT2D eigenvalue weighted by molar-refractivity contribution is 0.0927. The van der Waals surface area contributed by atoms with Crippen LogP contribution in [0.5, 0.6) is 0 Å². The number of alkyl halides is 1. The van der Waals surface area contributed by atoms with E-state index >= 15 is 0 Å². The number of nitrogens with one attached hydrogen (secondary N) is 1. The van der Waals surface area contributed by atoms with Crippen LogP contribution in [0.3, 0.4) is 0 Å². The average Bonchev–Trinajstić information content (AvgIpc) is 2.43. The highest BCUT2D eigenvalue weighted by molar-refractivity contribution is 9.10. The number of hydrogen-bond acceptors (Lipinski definition) is 1. The van der Waals surface area contributed by atoms with Gasteiger partial charge in [0, 0.05) is 22.3 Å². The fourth-order valence-corrected chi connectivity index (χ4v) is 2.60. The molecular formula is C14H18BrClFNO. The molecule has 0 aliphatic heterocycles. The summed E-state index contributed by atoms with van der Waals surface area (Å²) in [6.07, 6.45) is 1.74. The molecule has 1 N–H and O–H groups in total. The highest BCUT2D eigenvalue weighted by atomic mass is 79.9. The van der Waals surface area contributed by atoms with E-state index in [2.05, 4.69) is 21.2 Å². The SMILES string of the molecule is CCC(CC)(CCl)CNC(=O)c1cc(Br)ccc1F. The van der Waals surface area contributed by atoms with Crippen LogP contribution in [-0.4, -0.2) is 18.3 Å². The van der Waals surface area contributed by atoms with Crippen LogP contribution in [0.2, 0.25) is 0 Å². The van der Waals surface area contributed by atoms with Crippen molar-refractivity contribution in [3.63, 3.8) is 0 Å². The Balaban J connectivity index is 2.77. The summed E-state index contributed by atoms with van der Waals surface area (Å²) in [6.45, 7) is 4.53. The zero-order valence-electron chi connectivity index (χ0n) is 11.1. The lowest BCUT2D eigenvalue weighted by atomic mass is 9.84. The molecule has 1 aromatic rings. The number of halogens is 3. The summed E-state index contributed by atoms with van der Waals surface area (Å²) >= 11 is 9.21. The highest BCUT2D eigenvalue weighted by Gasteiger charge is 2.26. The molecule has 106 valence electrons. The van der Waals surface area contributed by atoms with E-state index in [0.717, 1.165) is 12.8 Å². The lowest BCUT2D eigenvalue weighted by Crippen LogP contribution is -2.38. The zero-order valence-corrected chi connectivity index (χ0v) is 13.4. The summed E-state index contributed by atoms with van der Waals surface area (Å²) in [5.41, 5.74) is -0.0789. The summed E-state index contributed by atoms with van der Waals surface area (Å²) in [4.78, 5) is 12.0. The van der Waals surface area contributed by atoms with Gasteiger partial charge in [0.05, 0.1) is 5.56 Å². The van der Waals surface area contributed by atoms with Gasteiger partial charge in [-0.25, -0.2) is 4.39 Å². The van der Waals surface area contributed by atoms with Crippen LogP contribution >= 0.6 is 27.5 Å². The van der Waals surface area contributed by atoms with Crippen LogP contribution in [0.15, 0.2) is 22.7 Å². The van der Waals surface area contributed by atoms with Gasteiger partial charge in [-0.05, 0) is 31.0 Å². The molecule has 2 nitrogen and oxygen atoms in total. The lowest BCUT2D eigenvalue weighted by Gasteiger charge is -2.29. The van der Waals surface area contributed by atoms with Crippen molar-refractivity contribution in [2.45, 2.75) is 26.7 Å². The van der Waals surface area contributed by atoms with Crippen LogP contribution in [0, 0.1) is 11.2 Å². The van der Waals surface area contributed by atoms with Crippen LogP contribution in [-0.2, 0) is 0 Å². The summed E-state index contributed by atoms with van der Waals surface area (Å²) < 4.78 is 14.3. The van der Waals surface area contributed by atoms with E-state index in [0.29, 0.717) is 16.9 Å². The van der Waals surface area contributed by atoms with Gasteiger partial charge in [0.1, 0.15) is 5.82 Å². The van der Waals surface area contributed by atoms with Crippen LogP contribution in [0.4, 0.5) is 4.39 Å². The van der Waals surface area contributed by atoms with Gasteiger partial charge in [-0.15, -0.1) is 11.6 Å². The van der Waals surface area contributed by atoms with Gasteiger partial charge < -0.3 is 5.32 Å². The molecule has 5 heteroatoms. The van der Waals surface area contributed by atoms with Gasteiger partial charge in [-0.1, -0.05) is 29.8 Å². The smallest absolute Gasteiger partial charge is 0.254 e. The Morgan fingerprint density at radius 3 is 2.58 bits per heavy atom. The van der Waals surface area contributed by atoms with E-state index < -0.39 is 11.7 Å². The van der Waals surface area contributed by atoms with Crippen LogP contribution < -0.4 is 5.32 Å². The first-order valence-corrected chi connectivity index (χ1v) is 7.60. The van der Waals surface area contributed by atoms with Gasteiger partial charge in [-0.3, -0.25) is 4.79 Å². The van der Waals surface area contributed by atoms with Gasteiger partial charge in [-0.2, -0.15) is 0 Å². The number of carbonyl (C=O) groups is 1. The second kappa shape index (κ2) is 7.25. The molecule has 0 saturated heterocycles. The number of carbonyl (C=O) groups excluding carboxylic acids is 1. The van der Waals surface area contributed by atoms with Gasteiger partial charge in [0.25, 0.3) is 5.91 Å². The first-order chi connectivity index (χ1) is 8.98. The molecule has 0 bridgehead atoms. The number of amides is 1. The molecule has 0 fully saturated rings. The van der Waals surface area contributed by atoms with Crippen molar-refractivity contribution in [2.24, 2.45) is 5.41 Å². The minimum absolute atomic E-state index is 0.0463. The second-order valence-electron chi connectivity index (χ2n) is 4.65. The van der Waals surface area contributed by atoms with Crippen molar-refractivity contribution in [1.29, 1.82) is 0 Å². The number of rotatable bonds is 6. The van der Waals surface area contributed by atoms with E-state index in [1.54, 1.807) is 6.07 Å². The molecule has 0 spiro atoms. The van der Waals surface area contributed by atoms with Crippen molar-refractivity contribution < 1.29 is 9.18 Å². The maximum Gasteiger partial charge on any atom is 0.254 e. The summed E-state index contributed by atoms with van der Waals surface area (Å²) in [6, 6.07) is 4.31. The molecular weight excluding hydrogens is 333 g/mol. The van der Waals surface area contributed by atoms with Gasteiger partial charge >= 0.3 is 0 Å². The maximum atomic E-state index is 13.6. The van der Waals surface area contributed by atoms with Crippen molar-refractivity contribution >= 4 is 33.4 Å². The van der Waals surface area contributed by atoms with E-state index in [4.69, 9.17) is 11.6 Å². The van der Waals surface area contributed by atoms with Crippen molar-refractivity contribution in [2.75, 3.05) is 12.4 Å². The molecule has 0 aliphatic rings. The Hall–Kier alpha value is -0.610. The van der Waals surface area contributed by atoms with Crippen LogP contribution in [0.1, 0.15) is 37.0 Å². The largest absolute Gasteiger partial charge is 0.351 e. The third-order valence-electron chi connectivity index (χ3n) is 3.58. The normalized spacial score (nSPS) is 11.4. The molecule has 19 heavy (non-hydrogen) atoms. The molecule has 0 aromatic heterocycles. The van der Waals surface area contributed by atoms with E-state index in [-0.39, 0.29) is 11.0 Å². The van der Waals surface area contributed by atoms with Crippen molar-refractivity contribution in [3.8, 4) is 0 Å². The predicted octanol–water partition coefficient (Wildman–Crippen LogP) is 4.36. The first kappa shape index (κ1) is 16.4. The monoisotopic (exact) mass is 349 g/mol. The number of hydrogen-bond donors (Lipinski definition) is 1. The fraction of sp³-hybridized carbons (Fsp3) is 0.500. The Kier molecular flexibility index (Phi) is 6.27. The Bertz CT molecular complexity index is 441. The second-order valence-corrected chi connectivity index (χ2v) is 5.83. The average molecular weight is 351 g/mol.